The van der Waals surface area contributed by atoms with Crippen LogP contribution in [0.2, 0.25) is 0 Å². The molecule has 100 valence electrons. The Kier molecular flexibility index (Phi) is 4.63. The molecule has 2 nitrogen and oxygen atoms in total. The summed E-state index contributed by atoms with van der Waals surface area (Å²) in [6.07, 6.45) is 1.33. The quantitative estimate of drug-likeness (QED) is 0.269. The number of oxime groups is 1. The van der Waals surface area contributed by atoms with E-state index in [1.54, 1.807) is 13.8 Å². The van der Waals surface area contributed by atoms with Crippen molar-refractivity contribution in [1.29, 1.82) is 0 Å². The SMILES string of the molecule is CC(C)/C=N/OCc1c(F)c(F)c(F)c(F)c1F. The standard InChI is InChI=1S/C11H10F5NO/c1-5(2)3-17-18-4-6-7(12)9(14)11(16)10(15)8(6)13/h3,5H,4H2,1-2H3/b17-3+. The highest BCUT2D eigenvalue weighted by Gasteiger charge is 2.25. The second-order valence-corrected chi connectivity index (χ2v) is 3.82. The van der Waals surface area contributed by atoms with E-state index in [1.807, 2.05) is 0 Å². The molecule has 0 N–H and O–H groups in total. The van der Waals surface area contributed by atoms with E-state index < -0.39 is 41.3 Å². The van der Waals surface area contributed by atoms with Gasteiger partial charge < -0.3 is 4.84 Å². The van der Waals surface area contributed by atoms with Gasteiger partial charge in [0.1, 0.15) is 6.61 Å². The summed E-state index contributed by atoms with van der Waals surface area (Å²) in [5.74, 6) is -9.99. The normalized spacial score (nSPS) is 11.6. The van der Waals surface area contributed by atoms with Gasteiger partial charge in [0.05, 0.1) is 5.56 Å². The smallest absolute Gasteiger partial charge is 0.200 e. The van der Waals surface area contributed by atoms with Crippen molar-refractivity contribution >= 4 is 6.21 Å². The Morgan fingerprint density at radius 3 is 1.83 bits per heavy atom. The molecule has 0 amide bonds. The highest BCUT2D eigenvalue weighted by molar-refractivity contribution is 5.58. The first-order valence-electron chi connectivity index (χ1n) is 5.02. The van der Waals surface area contributed by atoms with Crippen LogP contribution in [0, 0.1) is 35.0 Å². The van der Waals surface area contributed by atoms with Crippen LogP contribution in [0.5, 0.6) is 0 Å². The van der Waals surface area contributed by atoms with E-state index in [4.69, 9.17) is 0 Å². The van der Waals surface area contributed by atoms with Crippen molar-refractivity contribution in [3.8, 4) is 0 Å². The second kappa shape index (κ2) is 5.79. The molecule has 0 atom stereocenters. The van der Waals surface area contributed by atoms with E-state index in [1.165, 1.54) is 6.21 Å². The predicted molar refractivity (Wildman–Crippen MR) is 54.4 cm³/mol. The van der Waals surface area contributed by atoms with Crippen LogP contribution in [0.4, 0.5) is 22.0 Å². The van der Waals surface area contributed by atoms with Gasteiger partial charge in [-0.15, -0.1) is 0 Å². The van der Waals surface area contributed by atoms with Crippen LogP contribution in [0.25, 0.3) is 0 Å². The third-order valence-corrected chi connectivity index (χ3v) is 1.94. The van der Waals surface area contributed by atoms with Gasteiger partial charge in [-0.2, -0.15) is 0 Å². The zero-order chi connectivity index (χ0) is 13.9. The fraction of sp³-hybridized carbons (Fsp3) is 0.364. The van der Waals surface area contributed by atoms with Crippen molar-refractivity contribution in [2.45, 2.75) is 20.5 Å². The third kappa shape index (κ3) is 2.96. The first-order valence-corrected chi connectivity index (χ1v) is 5.02. The maximum atomic E-state index is 13.1. The van der Waals surface area contributed by atoms with E-state index in [0.717, 1.165) is 0 Å². The number of hydrogen-bond acceptors (Lipinski definition) is 2. The van der Waals surface area contributed by atoms with Gasteiger partial charge in [0.15, 0.2) is 23.3 Å². The van der Waals surface area contributed by atoms with Crippen molar-refractivity contribution in [2.24, 2.45) is 11.1 Å². The van der Waals surface area contributed by atoms with Crippen molar-refractivity contribution in [2.75, 3.05) is 0 Å². The molecule has 7 heteroatoms. The zero-order valence-corrected chi connectivity index (χ0v) is 9.61. The van der Waals surface area contributed by atoms with Crippen molar-refractivity contribution in [3.05, 3.63) is 34.6 Å². The van der Waals surface area contributed by atoms with Crippen LogP contribution >= 0.6 is 0 Å². The summed E-state index contributed by atoms with van der Waals surface area (Å²) in [4.78, 5) is 4.48. The number of halogens is 5. The maximum Gasteiger partial charge on any atom is 0.200 e. The van der Waals surface area contributed by atoms with Crippen LogP contribution < -0.4 is 0 Å². The van der Waals surface area contributed by atoms with Crippen molar-refractivity contribution in [1.82, 2.24) is 0 Å². The maximum absolute atomic E-state index is 13.1. The van der Waals surface area contributed by atoms with Gasteiger partial charge in [0.2, 0.25) is 5.82 Å². The van der Waals surface area contributed by atoms with Crippen LogP contribution in [0.1, 0.15) is 19.4 Å². The summed E-state index contributed by atoms with van der Waals surface area (Å²) in [5.41, 5.74) is -1.05. The van der Waals surface area contributed by atoms with Crippen LogP contribution in [-0.2, 0) is 11.4 Å². The lowest BCUT2D eigenvalue weighted by molar-refractivity contribution is 0.123. The first-order chi connectivity index (χ1) is 8.36. The van der Waals surface area contributed by atoms with Crippen LogP contribution in [0.3, 0.4) is 0 Å². The summed E-state index contributed by atoms with van der Waals surface area (Å²) >= 11 is 0. The molecule has 1 rings (SSSR count). The molecule has 18 heavy (non-hydrogen) atoms. The summed E-state index contributed by atoms with van der Waals surface area (Å²) in [7, 11) is 0. The van der Waals surface area contributed by atoms with E-state index in [0.29, 0.717) is 0 Å². The lowest BCUT2D eigenvalue weighted by Gasteiger charge is -2.06. The van der Waals surface area contributed by atoms with Gasteiger partial charge in [-0.25, -0.2) is 22.0 Å². The molecule has 1 aromatic rings. The predicted octanol–water partition coefficient (Wildman–Crippen LogP) is 3.54. The number of nitrogens with zero attached hydrogens (tertiary/aromatic N) is 1. The van der Waals surface area contributed by atoms with Gasteiger partial charge in [-0.05, 0) is 5.92 Å². The second-order valence-electron chi connectivity index (χ2n) is 3.82. The molecule has 0 spiro atoms. The average Bonchev–Trinajstić information content (AvgIpc) is 2.32. The molecule has 0 unspecified atom stereocenters. The van der Waals surface area contributed by atoms with Gasteiger partial charge in [-0.1, -0.05) is 19.0 Å². The molecule has 0 radical (unpaired) electrons. The van der Waals surface area contributed by atoms with Crippen LogP contribution in [0.15, 0.2) is 5.16 Å². The Balaban J connectivity index is 2.96. The molecule has 0 aliphatic heterocycles. The Bertz CT molecular complexity index is 444. The Labute approximate surface area is 100 Å². The van der Waals surface area contributed by atoms with E-state index in [2.05, 4.69) is 9.99 Å². The average molecular weight is 267 g/mol. The summed E-state index contributed by atoms with van der Waals surface area (Å²) in [6.45, 7) is 2.70. The van der Waals surface area contributed by atoms with Crippen molar-refractivity contribution < 1.29 is 26.8 Å². The molecule has 0 saturated carbocycles. The largest absolute Gasteiger partial charge is 0.391 e. The highest BCUT2D eigenvalue weighted by Crippen LogP contribution is 2.23. The lowest BCUT2D eigenvalue weighted by atomic mass is 10.2. The molecule has 0 aliphatic carbocycles. The number of benzene rings is 1. The molecule has 0 fully saturated rings. The minimum atomic E-state index is -2.19. The molecular formula is C11H10F5NO. The van der Waals surface area contributed by atoms with Gasteiger partial charge in [-0.3, -0.25) is 0 Å². The summed E-state index contributed by atoms with van der Waals surface area (Å²) in [5, 5.41) is 3.33. The minimum Gasteiger partial charge on any atom is -0.391 e. The van der Waals surface area contributed by atoms with Gasteiger partial charge in [0.25, 0.3) is 0 Å². The topological polar surface area (TPSA) is 21.6 Å². The van der Waals surface area contributed by atoms with Crippen LogP contribution in [-0.4, -0.2) is 6.21 Å². The van der Waals surface area contributed by atoms with Gasteiger partial charge in [0, 0.05) is 6.21 Å². The Morgan fingerprint density at radius 1 is 0.944 bits per heavy atom. The summed E-state index contributed by atoms with van der Waals surface area (Å²) in [6, 6.07) is 0. The molecule has 0 bridgehead atoms. The molecule has 0 saturated heterocycles. The molecule has 0 aliphatic rings. The van der Waals surface area contributed by atoms with E-state index in [-0.39, 0.29) is 5.92 Å². The fourth-order valence-electron chi connectivity index (χ4n) is 1.04. The monoisotopic (exact) mass is 267 g/mol. The lowest BCUT2D eigenvalue weighted by Crippen LogP contribution is -2.07. The third-order valence-electron chi connectivity index (χ3n) is 1.94. The zero-order valence-electron chi connectivity index (χ0n) is 9.61. The number of hydrogen-bond donors (Lipinski definition) is 0. The van der Waals surface area contributed by atoms with E-state index >= 15 is 0 Å². The number of rotatable bonds is 4. The fourth-order valence-corrected chi connectivity index (χ4v) is 1.04. The van der Waals surface area contributed by atoms with E-state index in [9.17, 15) is 22.0 Å². The first kappa shape index (κ1) is 14.4. The molecular weight excluding hydrogens is 257 g/mol. The minimum absolute atomic E-state index is 0.0291. The highest BCUT2D eigenvalue weighted by atomic mass is 19.2. The molecule has 0 aromatic heterocycles. The Morgan fingerprint density at radius 2 is 1.39 bits per heavy atom. The van der Waals surface area contributed by atoms with Crippen molar-refractivity contribution in [3.63, 3.8) is 0 Å². The molecule has 0 heterocycles. The van der Waals surface area contributed by atoms with Gasteiger partial charge >= 0.3 is 0 Å². The summed E-state index contributed by atoms with van der Waals surface area (Å²) < 4.78 is 64.5. The Hall–Kier alpha value is -1.66. The molecule has 1 aromatic carbocycles.